The maximum atomic E-state index is 15.1. The quantitative estimate of drug-likeness (QED) is 0.120. The van der Waals surface area contributed by atoms with E-state index in [-0.39, 0.29) is 47.1 Å². The van der Waals surface area contributed by atoms with Crippen molar-refractivity contribution in [1.29, 1.82) is 0 Å². The van der Waals surface area contributed by atoms with Gasteiger partial charge < -0.3 is 14.5 Å². The van der Waals surface area contributed by atoms with Gasteiger partial charge in [-0.05, 0) is 75.0 Å². The molecule has 0 radical (unpaired) electrons. The summed E-state index contributed by atoms with van der Waals surface area (Å²) in [6.45, 7) is 8.83. The van der Waals surface area contributed by atoms with Crippen LogP contribution < -0.4 is 14.5 Å². The van der Waals surface area contributed by atoms with Gasteiger partial charge >= 0.3 is 12.1 Å². The van der Waals surface area contributed by atoms with Crippen LogP contribution in [0.4, 0.5) is 43.5 Å². The monoisotopic (exact) mass is 632 g/mol. The molecule has 0 N–H and O–H groups in total. The molecule has 0 bridgehead atoms. The number of pyridine rings is 1. The van der Waals surface area contributed by atoms with Crippen molar-refractivity contribution in [2.45, 2.75) is 63.1 Å². The zero-order chi connectivity index (χ0) is 30.9. The molecule has 1 unspecified atom stereocenters. The number of ether oxygens (including phenoxy) is 1. The Balaban J connectivity index is 1.37. The third-order valence-corrected chi connectivity index (χ3v) is 9.07. The highest BCUT2D eigenvalue weighted by atomic mass is 32.2. The van der Waals surface area contributed by atoms with Crippen molar-refractivity contribution in [1.82, 2.24) is 4.98 Å². The van der Waals surface area contributed by atoms with Gasteiger partial charge in [-0.15, -0.1) is 4.98 Å². The standard InChI is InChI=1S/C27H26F6N4O3S2/c1-17-14-19(16-35-22(17)34-2)36-23(38)25(8-3-9-25)37(24(36)41)18-6-7-21(20(28)15-18)40-11-5-13-42(39)12-4-10-26(29,30)27(31,32)33/h6-7,14-16H,3-5,8-13H2,1H3. The van der Waals surface area contributed by atoms with Crippen molar-refractivity contribution in [3.63, 3.8) is 0 Å². The first kappa shape index (κ1) is 31.7. The maximum Gasteiger partial charge on any atom is 0.453 e. The Kier molecular flexibility index (Phi) is 9.17. The van der Waals surface area contributed by atoms with Crippen LogP contribution in [0.25, 0.3) is 4.85 Å². The Bertz CT molecular complexity index is 1440. The van der Waals surface area contributed by atoms with E-state index >= 15 is 4.39 Å². The fourth-order valence-electron chi connectivity index (χ4n) is 4.85. The second-order valence-electron chi connectivity index (χ2n) is 10.1. The molecule has 4 rings (SSSR count). The maximum absolute atomic E-state index is 15.1. The van der Waals surface area contributed by atoms with E-state index in [0.29, 0.717) is 29.8 Å². The van der Waals surface area contributed by atoms with Crippen LogP contribution in [-0.2, 0) is 15.6 Å². The van der Waals surface area contributed by atoms with Crippen LogP contribution in [0, 0.1) is 19.3 Å². The largest absolute Gasteiger partial charge is 0.490 e. The van der Waals surface area contributed by atoms with Crippen LogP contribution in [0.2, 0.25) is 0 Å². The fraction of sp³-hybridized carbons (Fsp3) is 0.481. The van der Waals surface area contributed by atoms with Gasteiger partial charge in [0.1, 0.15) is 11.7 Å². The Labute approximate surface area is 246 Å². The molecule has 2 aliphatic rings. The van der Waals surface area contributed by atoms with E-state index in [1.54, 1.807) is 24.0 Å². The number of halogens is 6. The summed E-state index contributed by atoms with van der Waals surface area (Å²) in [6.07, 6.45) is -4.26. The van der Waals surface area contributed by atoms with Gasteiger partial charge in [-0.1, -0.05) is 6.57 Å². The van der Waals surface area contributed by atoms with E-state index in [0.717, 1.165) is 6.42 Å². The van der Waals surface area contributed by atoms with Gasteiger partial charge in [-0.2, -0.15) is 22.0 Å². The van der Waals surface area contributed by atoms with Gasteiger partial charge in [0, 0.05) is 40.5 Å². The summed E-state index contributed by atoms with van der Waals surface area (Å²) >= 11 is 5.67. The third kappa shape index (κ3) is 6.10. The fourth-order valence-corrected chi connectivity index (χ4v) is 6.43. The third-order valence-electron chi connectivity index (χ3n) is 7.22. The van der Waals surface area contributed by atoms with Crippen molar-refractivity contribution in [2.24, 2.45) is 0 Å². The van der Waals surface area contributed by atoms with Gasteiger partial charge in [0.15, 0.2) is 16.7 Å². The van der Waals surface area contributed by atoms with Gasteiger partial charge in [-0.25, -0.2) is 4.39 Å². The molecule has 42 heavy (non-hydrogen) atoms. The van der Waals surface area contributed by atoms with Crippen LogP contribution in [0.5, 0.6) is 5.75 Å². The number of amides is 1. The van der Waals surface area contributed by atoms with E-state index in [1.165, 1.54) is 23.2 Å². The number of anilines is 2. The zero-order valence-electron chi connectivity index (χ0n) is 22.3. The molecule has 1 aromatic heterocycles. The van der Waals surface area contributed by atoms with E-state index in [1.807, 2.05) is 0 Å². The van der Waals surface area contributed by atoms with E-state index in [4.69, 9.17) is 23.5 Å². The van der Waals surface area contributed by atoms with E-state index in [2.05, 4.69) is 9.83 Å². The second kappa shape index (κ2) is 12.2. The van der Waals surface area contributed by atoms with Crippen molar-refractivity contribution < 1.29 is 40.1 Å². The van der Waals surface area contributed by atoms with Crippen LogP contribution >= 0.6 is 12.2 Å². The van der Waals surface area contributed by atoms with Crippen LogP contribution in [0.1, 0.15) is 44.1 Å². The summed E-state index contributed by atoms with van der Waals surface area (Å²) in [4.78, 5) is 24.0. The highest BCUT2D eigenvalue weighted by Gasteiger charge is 2.60. The molecule has 1 aromatic carbocycles. The van der Waals surface area contributed by atoms with Gasteiger partial charge in [0.2, 0.25) is 0 Å². The van der Waals surface area contributed by atoms with Gasteiger partial charge in [-0.3, -0.25) is 13.9 Å². The molecule has 1 aliphatic carbocycles. The molecular weight excluding hydrogens is 606 g/mol. The molecule has 1 atom stereocenters. The predicted molar refractivity (Wildman–Crippen MR) is 149 cm³/mol. The number of rotatable bonds is 11. The number of alkyl halides is 5. The summed E-state index contributed by atoms with van der Waals surface area (Å²) in [5.74, 6) is -6.04. The molecule has 1 amide bonds. The number of aryl methyl sites for hydroxylation is 1. The summed E-state index contributed by atoms with van der Waals surface area (Å²) in [6, 6.07) is 5.79. The number of carbonyl (C=O) groups excluding carboxylic acids is 1. The number of hydrogen-bond donors (Lipinski definition) is 0. The summed E-state index contributed by atoms with van der Waals surface area (Å²) in [5, 5.41) is 0.153. The molecule has 2 fully saturated rings. The minimum Gasteiger partial charge on any atom is -0.490 e. The summed E-state index contributed by atoms with van der Waals surface area (Å²) < 4.78 is 95.1. The van der Waals surface area contributed by atoms with Crippen LogP contribution in [-0.4, -0.2) is 56.0 Å². The number of thiocarbonyl (C=S) groups is 1. The lowest BCUT2D eigenvalue weighted by molar-refractivity contribution is -0.284. The van der Waals surface area contributed by atoms with E-state index in [9.17, 15) is 31.0 Å². The average molecular weight is 633 g/mol. The predicted octanol–water partition coefficient (Wildman–Crippen LogP) is 6.64. The van der Waals surface area contributed by atoms with E-state index < -0.39 is 47.1 Å². The molecule has 7 nitrogen and oxygen atoms in total. The highest BCUT2D eigenvalue weighted by molar-refractivity contribution is 7.84. The number of nitrogens with zero attached hydrogens (tertiary/aromatic N) is 4. The van der Waals surface area contributed by atoms with Crippen molar-refractivity contribution in [3.05, 3.63) is 53.3 Å². The Morgan fingerprint density at radius 3 is 2.40 bits per heavy atom. The molecule has 1 saturated carbocycles. The molecular formula is C27H26F6N4O3S2. The smallest absolute Gasteiger partial charge is 0.453 e. The zero-order valence-corrected chi connectivity index (χ0v) is 24.0. The lowest BCUT2D eigenvalue weighted by atomic mass is 9.75. The molecule has 226 valence electrons. The molecule has 1 aliphatic heterocycles. The minimum absolute atomic E-state index is 0.00893. The molecule has 1 spiro atoms. The Hall–Kier alpha value is -3.25. The SMILES string of the molecule is [C-]#[N+]c1ncc(N2C(=O)C3(CCC3)N(c3ccc(OCCCS(=O)CCCC(F)(F)C(F)(F)F)c(F)c3)C2=S)cc1C. The Morgan fingerprint density at radius 2 is 1.83 bits per heavy atom. The summed E-state index contributed by atoms with van der Waals surface area (Å²) in [7, 11) is -1.63. The number of benzene rings is 1. The van der Waals surface area contributed by atoms with Crippen molar-refractivity contribution in [2.75, 3.05) is 27.9 Å². The van der Waals surface area contributed by atoms with Crippen LogP contribution in [0.15, 0.2) is 30.5 Å². The molecule has 1 saturated heterocycles. The first-order valence-electron chi connectivity index (χ1n) is 13.0. The normalized spacial score (nSPS) is 17.4. The lowest BCUT2D eigenvalue weighted by Crippen LogP contribution is -2.55. The van der Waals surface area contributed by atoms with Crippen LogP contribution in [0.3, 0.4) is 0 Å². The average Bonchev–Trinajstić information content (AvgIpc) is 3.13. The van der Waals surface area contributed by atoms with Gasteiger partial charge in [0.05, 0.1) is 12.3 Å². The first-order chi connectivity index (χ1) is 19.7. The minimum atomic E-state index is -5.64. The second-order valence-corrected chi connectivity index (χ2v) is 12.1. The van der Waals surface area contributed by atoms with Crippen molar-refractivity contribution >= 4 is 51.2 Å². The van der Waals surface area contributed by atoms with Crippen molar-refractivity contribution in [3.8, 4) is 5.75 Å². The topological polar surface area (TPSA) is 67.1 Å². The van der Waals surface area contributed by atoms with Gasteiger partial charge in [0.25, 0.3) is 11.7 Å². The molecule has 15 heteroatoms. The number of hydrogen-bond acceptors (Lipinski definition) is 5. The Morgan fingerprint density at radius 1 is 1.14 bits per heavy atom. The summed E-state index contributed by atoms with van der Waals surface area (Å²) in [5.41, 5.74) is 0.376. The highest BCUT2D eigenvalue weighted by Crippen LogP contribution is 2.48. The molecule has 2 aromatic rings. The first-order valence-corrected chi connectivity index (χ1v) is 14.9. The lowest BCUT2D eigenvalue weighted by Gasteiger charge is -2.43. The number of carbonyl (C=O) groups is 1. The molecule has 2 heterocycles. The number of aromatic nitrogens is 1.